The Balaban J connectivity index is 1.98. The van der Waals surface area contributed by atoms with E-state index in [-0.39, 0.29) is 18.0 Å². The molecule has 1 atom stereocenters. The fourth-order valence-electron chi connectivity index (χ4n) is 3.30. The normalized spacial score (nSPS) is 16.7. The SMILES string of the molecule is COC(=O)CCCCC(=O)OCC/C=C\C=C\[C@@H](O)CCC1CCCCC1. The highest BCUT2D eigenvalue weighted by Gasteiger charge is 2.14. The van der Waals surface area contributed by atoms with Gasteiger partial charge in [-0.05, 0) is 38.0 Å². The summed E-state index contributed by atoms with van der Waals surface area (Å²) in [5.74, 6) is 0.315. The van der Waals surface area contributed by atoms with Crippen molar-refractivity contribution in [1.82, 2.24) is 0 Å². The molecule has 1 rings (SSSR count). The lowest BCUT2D eigenvalue weighted by atomic mass is 9.85. The Morgan fingerprint density at radius 1 is 1.07 bits per heavy atom. The predicted octanol–water partition coefficient (Wildman–Crippen LogP) is 4.49. The van der Waals surface area contributed by atoms with Crippen LogP contribution >= 0.6 is 0 Å². The topological polar surface area (TPSA) is 72.8 Å². The van der Waals surface area contributed by atoms with Crippen LogP contribution in [0.1, 0.15) is 77.0 Å². The molecule has 0 aromatic carbocycles. The Morgan fingerprint density at radius 2 is 1.78 bits per heavy atom. The van der Waals surface area contributed by atoms with Gasteiger partial charge in [0, 0.05) is 12.8 Å². The Morgan fingerprint density at radius 3 is 2.48 bits per heavy atom. The number of carbonyl (C=O) groups excluding carboxylic acids is 2. The molecule has 0 saturated heterocycles. The Kier molecular flexibility index (Phi) is 13.4. The minimum atomic E-state index is -0.376. The Labute approximate surface area is 163 Å². The number of methoxy groups -OCH3 is 1. The highest BCUT2D eigenvalue weighted by molar-refractivity contribution is 5.70. The van der Waals surface area contributed by atoms with Gasteiger partial charge in [0.2, 0.25) is 0 Å². The molecular weight excluding hydrogens is 344 g/mol. The number of carbonyl (C=O) groups is 2. The second-order valence-electron chi connectivity index (χ2n) is 7.25. The quantitative estimate of drug-likeness (QED) is 0.290. The summed E-state index contributed by atoms with van der Waals surface area (Å²) >= 11 is 0. The van der Waals surface area contributed by atoms with Crippen LogP contribution in [0.15, 0.2) is 24.3 Å². The second-order valence-corrected chi connectivity index (χ2v) is 7.25. The summed E-state index contributed by atoms with van der Waals surface area (Å²) in [5.41, 5.74) is 0. The van der Waals surface area contributed by atoms with Crippen molar-refractivity contribution in [3.63, 3.8) is 0 Å². The fraction of sp³-hybridized carbons (Fsp3) is 0.727. The van der Waals surface area contributed by atoms with Crippen LogP contribution in [0.3, 0.4) is 0 Å². The van der Waals surface area contributed by atoms with Gasteiger partial charge in [-0.2, -0.15) is 0 Å². The van der Waals surface area contributed by atoms with Gasteiger partial charge in [0.25, 0.3) is 0 Å². The van der Waals surface area contributed by atoms with Crippen LogP contribution in [-0.4, -0.2) is 36.9 Å². The zero-order valence-electron chi connectivity index (χ0n) is 16.7. The van der Waals surface area contributed by atoms with E-state index in [1.165, 1.54) is 39.2 Å². The number of aliphatic hydroxyl groups is 1. The summed E-state index contributed by atoms with van der Waals surface area (Å²) in [7, 11) is 1.36. The molecule has 0 aromatic heterocycles. The van der Waals surface area contributed by atoms with E-state index in [0.29, 0.717) is 38.7 Å². The summed E-state index contributed by atoms with van der Waals surface area (Å²) in [6.07, 6.45) is 18.4. The summed E-state index contributed by atoms with van der Waals surface area (Å²) in [6, 6.07) is 0. The van der Waals surface area contributed by atoms with Gasteiger partial charge in [-0.25, -0.2) is 0 Å². The van der Waals surface area contributed by atoms with Gasteiger partial charge in [-0.1, -0.05) is 56.4 Å². The molecule has 0 amide bonds. The van der Waals surface area contributed by atoms with Gasteiger partial charge in [0.15, 0.2) is 0 Å². The predicted molar refractivity (Wildman–Crippen MR) is 106 cm³/mol. The molecule has 154 valence electrons. The van der Waals surface area contributed by atoms with E-state index in [1.54, 1.807) is 0 Å². The van der Waals surface area contributed by atoms with Gasteiger partial charge in [-0.3, -0.25) is 9.59 Å². The monoisotopic (exact) mass is 380 g/mol. The molecule has 0 aromatic rings. The van der Waals surface area contributed by atoms with E-state index < -0.39 is 0 Å². The summed E-state index contributed by atoms with van der Waals surface area (Å²) < 4.78 is 9.67. The van der Waals surface area contributed by atoms with Crippen molar-refractivity contribution >= 4 is 11.9 Å². The number of aliphatic hydroxyl groups excluding tert-OH is 1. The molecule has 0 unspecified atom stereocenters. The standard InChI is InChI=1S/C22H36O5/c1-26-21(24)14-8-9-15-22(25)27-18-10-3-2-7-13-20(23)17-16-19-11-5-4-6-12-19/h2-3,7,13,19-20,23H,4-6,8-12,14-18H2,1H3/b3-2-,13-7+/t20-/m1/s1. The zero-order chi connectivity index (χ0) is 19.7. The van der Waals surface area contributed by atoms with Crippen molar-refractivity contribution in [1.29, 1.82) is 0 Å². The van der Waals surface area contributed by atoms with E-state index in [4.69, 9.17) is 4.74 Å². The lowest BCUT2D eigenvalue weighted by Gasteiger charge is -2.21. The number of unbranched alkanes of at least 4 members (excludes halogenated alkanes) is 1. The van der Waals surface area contributed by atoms with Gasteiger partial charge in [0.05, 0.1) is 19.8 Å². The van der Waals surface area contributed by atoms with Crippen LogP contribution < -0.4 is 0 Å². The molecule has 5 nitrogen and oxygen atoms in total. The molecular formula is C22H36O5. The molecule has 1 saturated carbocycles. The first-order valence-electron chi connectivity index (χ1n) is 10.4. The number of rotatable bonds is 13. The maximum Gasteiger partial charge on any atom is 0.305 e. The second kappa shape index (κ2) is 15.4. The molecule has 27 heavy (non-hydrogen) atoms. The molecule has 1 aliphatic rings. The van der Waals surface area contributed by atoms with Crippen LogP contribution in [-0.2, 0) is 19.1 Å². The molecule has 5 heteroatoms. The third kappa shape index (κ3) is 13.2. The van der Waals surface area contributed by atoms with Crippen LogP contribution in [0.5, 0.6) is 0 Å². The maximum atomic E-state index is 11.5. The van der Waals surface area contributed by atoms with Crippen molar-refractivity contribution in [2.24, 2.45) is 5.92 Å². The number of hydrogen-bond acceptors (Lipinski definition) is 5. The highest BCUT2D eigenvalue weighted by atomic mass is 16.5. The molecule has 1 N–H and O–H groups in total. The van der Waals surface area contributed by atoms with Crippen molar-refractivity contribution in [2.75, 3.05) is 13.7 Å². The summed E-state index contributed by atoms with van der Waals surface area (Å²) in [6.45, 7) is 0.352. The van der Waals surface area contributed by atoms with Gasteiger partial charge < -0.3 is 14.6 Å². The van der Waals surface area contributed by atoms with E-state index in [0.717, 1.165) is 18.8 Å². The van der Waals surface area contributed by atoms with Gasteiger partial charge in [0.1, 0.15) is 0 Å². The average Bonchev–Trinajstić information content (AvgIpc) is 2.69. The largest absolute Gasteiger partial charge is 0.469 e. The number of esters is 2. The van der Waals surface area contributed by atoms with E-state index in [1.807, 2.05) is 24.3 Å². The smallest absolute Gasteiger partial charge is 0.305 e. The van der Waals surface area contributed by atoms with Crippen molar-refractivity contribution < 1.29 is 24.2 Å². The van der Waals surface area contributed by atoms with Gasteiger partial charge in [-0.15, -0.1) is 0 Å². The van der Waals surface area contributed by atoms with Crippen molar-refractivity contribution in [3.8, 4) is 0 Å². The Hall–Kier alpha value is -1.62. The number of hydrogen-bond donors (Lipinski definition) is 1. The third-order valence-corrected chi connectivity index (χ3v) is 4.96. The molecule has 0 aliphatic heterocycles. The maximum absolute atomic E-state index is 11.5. The minimum absolute atomic E-state index is 0.234. The summed E-state index contributed by atoms with van der Waals surface area (Å²) in [4.78, 5) is 22.5. The van der Waals surface area contributed by atoms with Crippen LogP contribution in [0.25, 0.3) is 0 Å². The lowest BCUT2D eigenvalue weighted by molar-refractivity contribution is -0.144. The molecule has 0 heterocycles. The molecule has 0 radical (unpaired) electrons. The molecule has 0 spiro atoms. The van der Waals surface area contributed by atoms with Crippen molar-refractivity contribution in [3.05, 3.63) is 24.3 Å². The number of ether oxygens (including phenoxy) is 2. The first-order chi connectivity index (χ1) is 13.1. The first-order valence-corrected chi connectivity index (χ1v) is 10.4. The first kappa shape index (κ1) is 23.4. The minimum Gasteiger partial charge on any atom is -0.469 e. The van der Waals surface area contributed by atoms with E-state index in [2.05, 4.69) is 4.74 Å². The molecule has 0 bridgehead atoms. The van der Waals surface area contributed by atoms with Crippen LogP contribution in [0.2, 0.25) is 0 Å². The third-order valence-electron chi connectivity index (χ3n) is 4.96. The highest BCUT2D eigenvalue weighted by Crippen LogP contribution is 2.27. The zero-order valence-corrected chi connectivity index (χ0v) is 16.7. The van der Waals surface area contributed by atoms with Crippen LogP contribution in [0, 0.1) is 5.92 Å². The van der Waals surface area contributed by atoms with Crippen molar-refractivity contribution in [2.45, 2.75) is 83.2 Å². The molecule has 1 fully saturated rings. The van der Waals surface area contributed by atoms with Gasteiger partial charge >= 0.3 is 11.9 Å². The van der Waals surface area contributed by atoms with Crippen LogP contribution in [0.4, 0.5) is 0 Å². The Bertz CT molecular complexity index is 463. The summed E-state index contributed by atoms with van der Waals surface area (Å²) in [5, 5.41) is 9.99. The number of allylic oxidation sites excluding steroid dienone is 2. The average molecular weight is 381 g/mol. The van der Waals surface area contributed by atoms with E-state index in [9.17, 15) is 14.7 Å². The molecule has 1 aliphatic carbocycles. The van der Waals surface area contributed by atoms with E-state index >= 15 is 0 Å². The fourth-order valence-corrected chi connectivity index (χ4v) is 3.30. The lowest BCUT2D eigenvalue weighted by Crippen LogP contribution is -2.10.